The van der Waals surface area contributed by atoms with Crippen molar-refractivity contribution < 1.29 is 4.74 Å². The van der Waals surface area contributed by atoms with Crippen LogP contribution >= 0.6 is 0 Å². The molecule has 1 atom stereocenters. The van der Waals surface area contributed by atoms with Gasteiger partial charge in [0.05, 0.1) is 0 Å². The number of unbranched alkanes of at least 4 members (excludes halogenated alkanes) is 3. The van der Waals surface area contributed by atoms with Crippen molar-refractivity contribution in [1.29, 1.82) is 0 Å². The summed E-state index contributed by atoms with van der Waals surface area (Å²) in [6.07, 6.45) is 6.43. The van der Waals surface area contributed by atoms with Gasteiger partial charge in [0.25, 0.3) is 0 Å². The smallest absolute Gasteiger partial charge is 0.129 e. The fraction of sp³-hybridized carbons (Fsp3) is 0.846. The first-order valence-electron chi connectivity index (χ1n) is 6.05. The van der Waals surface area contributed by atoms with Crippen LogP contribution in [0.15, 0.2) is 0 Å². The van der Waals surface area contributed by atoms with E-state index in [0.717, 1.165) is 6.42 Å². The van der Waals surface area contributed by atoms with Crippen LogP contribution in [0.3, 0.4) is 0 Å². The maximum absolute atomic E-state index is 5.37. The Balaban J connectivity index is 3.86. The first kappa shape index (κ1) is 14.7. The normalized spacial score (nSPS) is 13.1. The average molecular weight is 226 g/mol. The Morgan fingerprint density at radius 3 is 2.27 bits per heavy atom. The van der Waals surface area contributed by atoms with Crippen LogP contribution in [0.4, 0.5) is 0 Å². The summed E-state index contributed by atoms with van der Waals surface area (Å²) in [6, 6.07) is 0. The Bertz CT molecular complexity index is 207. The molecule has 88 valence electrons. The van der Waals surface area contributed by atoms with Gasteiger partial charge in [0.1, 0.15) is 14.2 Å². The minimum atomic E-state index is -1.23. The lowest BCUT2D eigenvalue weighted by molar-refractivity contribution is 0.138. The number of ether oxygens (including phenoxy) is 1. The van der Waals surface area contributed by atoms with E-state index in [2.05, 4.69) is 38.0 Å². The van der Waals surface area contributed by atoms with Gasteiger partial charge in [0.2, 0.25) is 0 Å². The Labute approximate surface area is 96.6 Å². The van der Waals surface area contributed by atoms with E-state index in [9.17, 15) is 0 Å². The molecule has 0 amide bonds. The molecule has 0 saturated carbocycles. The van der Waals surface area contributed by atoms with Crippen LogP contribution in [0, 0.1) is 11.5 Å². The predicted molar refractivity (Wildman–Crippen MR) is 70.7 cm³/mol. The van der Waals surface area contributed by atoms with Gasteiger partial charge in [-0.05, 0) is 12.8 Å². The molecule has 0 aromatic carbocycles. The number of methoxy groups -OCH3 is 1. The number of rotatable bonds is 6. The third-order valence-electron chi connectivity index (χ3n) is 2.21. The maximum atomic E-state index is 5.37. The lowest BCUT2D eigenvalue weighted by Gasteiger charge is -2.10. The number of hydrogen-bond acceptors (Lipinski definition) is 1. The van der Waals surface area contributed by atoms with E-state index in [4.69, 9.17) is 4.74 Å². The molecule has 15 heavy (non-hydrogen) atoms. The first-order chi connectivity index (χ1) is 6.99. The quantitative estimate of drug-likeness (QED) is 0.380. The van der Waals surface area contributed by atoms with Gasteiger partial charge in [-0.15, -0.1) is 5.54 Å². The van der Waals surface area contributed by atoms with Crippen LogP contribution in [0.25, 0.3) is 0 Å². The van der Waals surface area contributed by atoms with E-state index >= 15 is 0 Å². The molecule has 0 N–H and O–H groups in total. The molecule has 0 spiro atoms. The molecule has 0 heterocycles. The molecular formula is C13H26OSi. The summed E-state index contributed by atoms with van der Waals surface area (Å²) in [4.78, 5) is 0. The van der Waals surface area contributed by atoms with Crippen molar-refractivity contribution in [3.8, 4) is 11.5 Å². The molecule has 2 heteroatoms. The molecule has 0 aromatic heterocycles. The van der Waals surface area contributed by atoms with Crippen molar-refractivity contribution in [3.05, 3.63) is 0 Å². The van der Waals surface area contributed by atoms with Crippen molar-refractivity contribution in [2.45, 2.75) is 64.8 Å². The van der Waals surface area contributed by atoms with Gasteiger partial charge in [-0.3, -0.25) is 0 Å². The molecule has 0 aliphatic rings. The van der Waals surface area contributed by atoms with E-state index in [1.807, 2.05) is 0 Å². The lowest BCUT2D eigenvalue weighted by Crippen LogP contribution is -2.18. The van der Waals surface area contributed by atoms with Gasteiger partial charge in [-0.25, -0.2) is 0 Å². The Morgan fingerprint density at radius 2 is 1.80 bits per heavy atom. The second kappa shape index (κ2) is 7.96. The van der Waals surface area contributed by atoms with Gasteiger partial charge < -0.3 is 4.74 Å². The third-order valence-corrected chi connectivity index (χ3v) is 3.11. The zero-order chi connectivity index (χ0) is 11.7. The fourth-order valence-electron chi connectivity index (χ4n) is 1.30. The van der Waals surface area contributed by atoms with Gasteiger partial charge in [0, 0.05) is 7.11 Å². The minimum absolute atomic E-state index is 0.161. The molecule has 0 rings (SSSR count). The third kappa shape index (κ3) is 10.0. The maximum Gasteiger partial charge on any atom is 0.129 e. The summed E-state index contributed by atoms with van der Waals surface area (Å²) < 4.78 is 5.37. The Morgan fingerprint density at radius 1 is 1.13 bits per heavy atom. The molecule has 0 saturated heterocycles. The summed E-state index contributed by atoms with van der Waals surface area (Å²) >= 11 is 0. The topological polar surface area (TPSA) is 9.23 Å². The Kier molecular flexibility index (Phi) is 7.82. The van der Waals surface area contributed by atoms with E-state index in [1.165, 1.54) is 25.7 Å². The van der Waals surface area contributed by atoms with Gasteiger partial charge in [-0.2, -0.15) is 0 Å². The van der Waals surface area contributed by atoms with E-state index < -0.39 is 8.07 Å². The summed E-state index contributed by atoms with van der Waals surface area (Å²) in [6.45, 7) is 9.04. The molecule has 0 aliphatic heterocycles. The minimum Gasteiger partial charge on any atom is -0.369 e. The number of hydrogen-bond donors (Lipinski definition) is 0. The summed E-state index contributed by atoms with van der Waals surface area (Å²) in [5.41, 5.74) is 3.38. The van der Waals surface area contributed by atoms with Crippen LogP contribution < -0.4 is 0 Å². The first-order valence-corrected chi connectivity index (χ1v) is 9.55. The standard InChI is InChI=1S/C13H26OSi/c1-6-7-8-9-10-13(14-2)11-12-15(3,4)5/h13H,6-10H2,1-5H3. The van der Waals surface area contributed by atoms with Crippen molar-refractivity contribution in [2.75, 3.05) is 7.11 Å². The molecule has 0 fully saturated rings. The van der Waals surface area contributed by atoms with E-state index in [-0.39, 0.29) is 6.10 Å². The SMILES string of the molecule is CCCCCCC(C#C[Si](C)(C)C)OC. The average Bonchev–Trinajstić information content (AvgIpc) is 2.15. The second-order valence-electron chi connectivity index (χ2n) is 5.09. The van der Waals surface area contributed by atoms with Gasteiger partial charge >= 0.3 is 0 Å². The molecule has 1 unspecified atom stereocenters. The second-order valence-corrected chi connectivity index (χ2v) is 9.84. The highest BCUT2D eigenvalue weighted by Crippen LogP contribution is 2.07. The van der Waals surface area contributed by atoms with Crippen molar-refractivity contribution >= 4 is 8.07 Å². The molecule has 0 aliphatic carbocycles. The van der Waals surface area contributed by atoms with Crippen LogP contribution in [0.1, 0.15) is 39.0 Å². The monoisotopic (exact) mass is 226 g/mol. The van der Waals surface area contributed by atoms with Crippen LogP contribution in [0.5, 0.6) is 0 Å². The predicted octanol–water partition coefficient (Wildman–Crippen LogP) is 3.85. The van der Waals surface area contributed by atoms with Crippen LogP contribution in [-0.4, -0.2) is 21.3 Å². The zero-order valence-electron chi connectivity index (χ0n) is 11.0. The van der Waals surface area contributed by atoms with Crippen molar-refractivity contribution in [3.63, 3.8) is 0 Å². The molecule has 0 aromatic rings. The summed E-state index contributed by atoms with van der Waals surface area (Å²) in [7, 11) is 0.535. The highest BCUT2D eigenvalue weighted by Gasteiger charge is 2.09. The van der Waals surface area contributed by atoms with Crippen LogP contribution in [0.2, 0.25) is 19.6 Å². The highest BCUT2D eigenvalue weighted by molar-refractivity contribution is 6.83. The van der Waals surface area contributed by atoms with Crippen LogP contribution in [-0.2, 0) is 4.74 Å². The molecule has 0 radical (unpaired) electrons. The molecule has 0 bridgehead atoms. The van der Waals surface area contributed by atoms with Gasteiger partial charge in [-0.1, -0.05) is 51.7 Å². The lowest BCUT2D eigenvalue weighted by atomic mass is 10.1. The van der Waals surface area contributed by atoms with Crippen molar-refractivity contribution in [1.82, 2.24) is 0 Å². The fourth-order valence-corrected chi connectivity index (χ4v) is 1.90. The zero-order valence-corrected chi connectivity index (χ0v) is 12.0. The Hall–Kier alpha value is -0.263. The summed E-state index contributed by atoms with van der Waals surface area (Å²) in [5, 5.41) is 0. The van der Waals surface area contributed by atoms with E-state index in [1.54, 1.807) is 7.11 Å². The highest BCUT2D eigenvalue weighted by atomic mass is 28.3. The summed E-state index contributed by atoms with van der Waals surface area (Å²) in [5.74, 6) is 3.28. The van der Waals surface area contributed by atoms with E-state index in [0.29, 0.717) is 0 Å². The molecular weight excluding hydrogens is 200 g/mol. The molecule has 1 nitrogen and oxygen atoms in total. The largest absolute Gasteiger partial charge is 0.369 e. The van der Waals surface area contributed by atoms with Crippen molar-refractivity contribution in [2.24, 2.45) is 0 Å². The van der Waals surface area contributed by atoms with Gasteiger partial charge in [0.15, 0.2) is 0 Å².